The van der Waals surface area contributed by atoms with E-state index in [0.29, 0.717) is 13.1 Å². The number of nitrogens with one attached hydrogen (secondary N) is 1. The maximum absolute atomic E-state index is 13.3. The number of ether oxygens (including phenoxy) is 1. The first-order chi connectivity index (χ1) is 15.0. The second-order valence-corrected chi connectivity index (χ2v) is 7.67. The Morgan fingerprint density at radius 2 is 1.84 bits per heavy atom. The zero-order valence-electron chi connectivity index (χ0n) is 18.1. The fourth-order valence-electron chi connectivity index (χ4n) is 3.35. The van der Waals surface area contributed by atoms with Gasteiger partial charge in [-0.25, -0.2) is 4.79 Å². The van der Waals surface area contributed by atoms with Crippen molar-refractivity contribution >= 4 is 17.9 Å². The molecule has 1 saturated carbocycles. The summed E-state index contributed by atoms with van der Waals surface area (Å²) in [6, 6.07) is 13.3. The lowest BCUT2D eigenvalue weighted by Crippen LogP contribution is -2.48. The Balaban J connectivity index is 1.68. The van der Waals surface area contributed by atoms with E-state index in [4.69, 9.17) is 4.74 Å². The molecule has 0 atom stereocenters. The summed E-state index contributed by atoms with van der Waals surface area (Å²) in [5, 5.41) is 2.57. The average Bonchev–Trinajstić information content (AvgIpc) is 3.53. The van der Waals surface area contributed by atoms with E-state index in [9.17, 15) is 14.4 Å². The maximum Gasteiger partial charge on any atom is 0.325 e. The lowest BCUT2D eigenvalue weighted by Gasteiger charge is -2.28. The van der Waals surface area contributed by atoms with Gasteiger partial charge in [-0.05, 0) is 37.5 Å². The van der Waals surface area contributed by atoms with Gasteiger partial charge in [0.25, 0.3) is 0 Å². The average molecular weight is 427 g/mol. The number of urea groups is 1. The first kappa shape index (κ1) is 22.4. The number of carbonyl (C=O) groups is 3. The molecule has 1 heterocycles. The van der Waals surface area contributed by atoms with Crippen LogP contribution in [-0.2, 0) is 34.5 Å². The minimum Gasteiger partial charge on any atom is -0.465 e. The van der Waals surface area contributed by atoms with Crippen LogP contribution in [0.3, 0.4) is 0 Å². The highest BCUT2D eigenvalue weighted by molar-refractivity contribution is 5.86. The molecule has 31 heavy (non-hydrogen) atoms. The molecule has 1 aromatic heterocycles. The molecule has 0 unspecified atom stereocenters. The third kappa shape index (κ3) is 6.60. The molecule has 3 rings (SSSR count). The Hall–Kier alpha value is -3.29. The summed E-state index contributed by atoms with van der Waals surface area (Å²) in [5.41, 5.74) is 2.03. The molecule has 0 bridgehead atoms. The molecular weight excluding hydrogens is 396 g/mol. The molecule has 0 aliphatic heterocycles. The lowest BCUT2D eigenvalue weighted by molar-refractivity contribution is -0.141. The molecule has 1 aliphatic rings. The van der Waals surface area contributed by atoms with E-state index < -0.39 is 12.0 Å². The second kappa shape index (κ2) is 10.7. The van der Waals surface area contributed by atoms with Crippen LogP contribution in [0, 0.1) is 0 Å². The Labute approximate surface area is 182 Å². The van der Waals surface area contributed by atoms with Gasteiger partial charge in [0.05, 0.1) is 13.2 Å². The third-order valence-electron chi connectivity index (χ3n) is 5.22. The van der Waals surface area contributed by atoms with E-state index in [-0.39, 0.29) is 31.6 Å². The second-order valence-electron chi connectivity index (χ2n) is 7.67. The summed E-state index contributed by atoms with van der Waals surface area (Å²) in [6.45, 7) is 2.63. The molecule has 0 radical (unpaired) electrons. The van der Waals surface area contributed by atoms with Gasteiger partial charge in [0.2, 0.25) is 5.91 Å². The van der Waals surface area contributed by atoms with Crippen LogP contribution in [0.5, 0.6) is 0 Å². The quantitative estimate of drug-likeness (QED) is 0.591. The molecule has 8 nitrogen and oxygen atoms in total. The molecule has 1 aromatic carbocycles. The van der Waals surface area contributed by atoms with E-state index >= 15 is 0 Å². The highest BCUT2D eigenvalue weighted by Crippen LogP contribution is 2.27. The number of nitrogens with zero attached hydrogens (tertiary/aromatic N) is 3. The molecule has 3 amide bonds. The van der Waals surface area contributed by atoms with Crippen LogP contribution < -0.4 is 5.32 Å². The van der Waals surface area contributed by atoms with Crippen molar-refractivity contribution < 1.29 is 19.1 Å². The first-order valence-electron chi connectivity index (χ1n) is 10.6. The smallest absolute Gasteiger partial charge is 0.325 e. The molecule has 1 aliphatic carbocycles. The summed E-state index contributed by atoms with van der Waals surface area (Å²) in [7, 11) is 1.94. The number of aromatic nitrogens is 1. The SMILES string of the molecule is CCOC(=O)CNC(=O)N(CC(=O)N(Cc1ccccc1)Cc1cccn1C)C1CC1. The van der Waals surface area contributed by atoms with Crippen LogP contribution in [0.15, 0.2) is 48.7 Å². The van der Waals surface area contributed by atoms with Crippen molar-refractivity contribution in [3.8, 4) is 0 Å². The van der Waals surface area contributed by atoms with Crippen molar-refractivity contribution in [1.82, 2.24) is 19.7 Å². The summed E-state index contributed by atoms with van der Waals surface area (Å²) < 4.78 is 6.84. The number of carbonyl (C=O) groups excluding carboxylic acids is 3. The Morgan fingerprint density at radius 1 is 1.10 bits per heavy atom. The lowest BCUT2D eigenvalue weighted by atomic mass is 10.2. The number of rotatable bonds is 10. The van der Waals surface area contributed by atoms with Gasteiger partial charge < -0.3 is 24.4 Å². The maximum atomic E-state index is 13.3. The first-order valence-corrected chi connectivity index (χ1v) is 10.6. The normalized spacial score (nSPS) is 12.8. The Bertz CT molecular complexity index is 892. The molecular formula is C23H30N4O4. The minimum atomic E-state index is -0.493. The highest BCUT2D eigenvalue weighted by Gasteiger charge is 2.35. The zero-order valence-corrected chi connectivity index (χ0v) is 18.1. The summed E-state index contributed by atoms with van der Waals surface area (Å²) in [4.78, 5) is 40.8. The summed E-state index contributed by atoms with van der Waals surface area (Å²) >= 11 is 0. The molecule has 8 heteroatoms. The van der Waals surface area contributed by atoms with Gasteiger partial charge in [-0.2, -0.15) is 0 Å². The number of aryl methyl sites for hydroxylation is 1. The van der Waals surface area contributed by atoms with Crippen LogP contribution in [0.1, 0.15) is 31.0 Å². The topological polar surface area (TPSA) is 83.9 Å². The van der Waals surface area contributed by atoms with Crippen LogP contribution in [0.4, 0.5) is 4.79 Å². The van der Waals surface area contributed by atoms with Crippen LogP contribution >= 0.6 is 0 Å². The minimum absolute atomic E-state index is 0.0276. The number of hydrogen-bond acceptors (Lipinski definition) is 4. The molecule has 0 spiro atoms. The third-order valence-corrected chi connectivity index (χ3v) is 5.22. The van der Waals surface area contributed by atoms with Gasteiger partial charge in [0, 0.05) is 31.5 Å². The van der Waals surface area contributed by atoms with Crippen molar-refractivity contribution in [3.63, 3.8) is 0 Å². The predicted octanol–water partition coefficient (Wildman–Crippen LogP) is 2.29. The van der Waals surface area contributed by atoms with Crippen molar-refractivity contribution in [3.05, 3.63) is 59.9 Å². The van der Waals surface area contributed by atoms with Gasteiger partial charge in [-0.3, -0.25) is 9.59 Å². The monoisotopic (exact) mass is 426 g/mol. The number of benzene rings is 1. The number of hydrogen-bond donors (Lipinski definition) is 1. The molecule has 0 saturated heterocycles. The summed E-state index contributed by atoms with van der Waals surface area (Å²) in [5.74, 6) is -0.629. The fourth-order valence-corrected chi connectivity index (χ4v) is 3.35. The van der Waals surface area contributed by atoms with Gasteiger partial charge in [-0.1, -0.05) is 30.3 Å². The largest absolute Gasteiger partial charge is 0.465 e. The van der Waals surface area contributed by atoms with E-state index in [2.05, 4.69) is 5.32 Å². The Morgan fingerprint density at radius 3 is 2.45 bits per heavy atom. The van der Waals surface area contributed by atoms with E-state index in [1.54, 1.807) is 11.8 Å². The fraction of sp³-hybridized carbons (Fsp3) is 0.435. The number of amides is 3. The van der Waals surface area contributed by atoms with Crippen LogP contribution in [0.25, 0.3) is 0 Å². The zero-order chi connectivity index (χ0) is 22.2. The molecule has 1 fully saturated rings. The van der Waals surface area contributed by atoms with E-state index in [0.717, 1.165) is 24.1 Å². The van der Waals surface area contributed by atoms with Gasteiger partial charge in [-0.15, -0.1) is 0 Å². The van der Waals surface area contributed by atoms with Crippen molar-refractivity contribution in [1.29, 1.82) is 0 Å². The molecule has 1 N–H and O–H groups in total. The highest BCUT2D eigenvalue weighted by atomic mass is 16.5. The standard InChI is InChI=1S/C23H30N4O4/c1-3-31-22(29)14-24-23(30)27(19-11-12-19)17-21(28)26(15-18-8-5-4-6-9-18)16-20-10-7-13-25(20)2/h4-10,13,19H,3,11-12,14-17H2,1-2H3,(H,24,30). The van der Waals surface area contributed by atoms with Gasteiger partial charge >= 0.3 is 12.0 Å². The van der Waals surface area contributed by atoms with Crippen LogP contribution in [0.2, 0.25) is 0 Å². The molecule has 2 aromatic rings. The van der Waals surface area contributed by atoms with Crippen molar-refractivity contribution in [2.24, 2.45) is 7.05 Å². The summed E-state index contributed by atoms with van der Waals surface area (Å²) in [6.07, 6.45) is 3.66. The molecule has 166 valence electrons. The van der Waals surface area contributed by atoms with Gasteiger partial charge in [0.1, 0.15) is 13.1 Å². The Kier molecular flexibility index (Phi) is 7.70. The van der Waals surface area contributed by atoms with E-state index in [1.165, 1.54) is 4.90 Å². The van der Waals surface area contributed by atoms with Crippen molar-refractivity contribution in [2.75, 3.05) is 19.7 Å². The number of esters is 1. The predicted molar refractivity (Wildman–Crippen MR) is 116 cm³/mol. The van der Waals surface area contributed by atoms with Crippen molar-refractivity contribution in [2.45, 2.75) is 38.9 Å². The van der Waals surface area contributed by atoms with E-state index in [1.807, 2.05) is 60.3 Å². The van der Waals surface area contributed by atoms with Crippen LogP contribution in [-0.4, -0.2) is 58.0 Å². The van der Waals surface area contributed by atoms with Gasteiger partial charge in [0.15, 0.2) is 0 Å².